The predicted octanol–water partition coefficient (Wildman–Crippen LogP) is 2.47. The topological polar surface area (TPSA) is 69.4 Å². The summed E-state index contributed by atoms with van der Waals surface area (Å²) in [6, 6.07) is 0. The van der Waals surface area contributed by atoms with Crippen LogP contribution in [-0.4, -0.2) is 24.2 Å². The number of ether oxygens (including phenoxy) is 1. The lowest BCUT2D eigenvalue weighted by atomic mass is 10.1. The molecule has 0 aliphatic heterocycles. The van der Waals surface area contributed by atoms with Gasteiger partial charge in [0.25, 0.3) is 0 Å². The summed E-state index contributed by atoms with van der Waals surface area (Å²) in [6.07, 6.45) is -1.46. The average Bonchev–Trinajstić information content (AvgIpc) is 2.30. The minimum atomic E-state index is -4.98. The second kappa shape index (κ2) is 8.55. The molecule has 2 N–H and O–H groups in total. The molecule has 0 spiro atoms. The van der Waals surface area contributed by atoms with Crippen molar-refractivity contribution in [3.63, 3.8) is 0 Å². The lowest BCUT2D eigenvalue weighted by Gasteiger charge is -2.15. The van der Waals surface area contributed by atoms with Crippen LogP contribution in [0.3, 0.4) is 0 Å². The molecule has 0 heterocycles. The summed E-state index contributed by atoms with van der Waals surface area (Å²) in [7, 11) is 0. The van der Waals surface area contributed by atoms with Gasteiger partial charge in [0.1, 0.15) is 6.10 Å². The molecule has 0 aliphatic rings. The maximum Gasteiger partial charge on any atom is 0.490 e. The van der Waals surface area contributed by atoms with E-state index in [0.29, 0.717) is 19.3 Å². The van der Waals surface area contributed by atoms with Gasteiger partial charge >= 0.3 is 12.1 Å². The van der Waals surface area contributed by atoms with Gasteiger partial charge in [0.2, 0.25) is 5.91 Å². The molecule has 1 amide bonds. The van der Waals surface area contributed by atoms with Crippen molar-refractivity contribution in [2.45, 2.75) is 50.8 Å². The molecule has 0 fully saturated rings. The number of alkyl halides is 3. The van der Waals surface area contributed by atoms with E-state index >= 15 is 0 Å². The summed E-state index contributed by atoms with van der Waals surface area (Å²) in [5.41, 5.74) is 4.96. The number of unbranched alkanes of at least 4 members (excludes halogenated alkanes) is 3. The van der Waals surface area contributed by atoms with Crippen LogP contribution in [0.15, 0.2) is 12.7 Å². The maximum atomic E-state index is 12.0. The number of hydrogen-bond donors (Lipinski definition) is 1. The second-order valence-electron chi connectivity index (χ2n) is 4.10. The number of amides is 1. The zero-order chi connectivity index (χ0) is 14.9. The van der Waals surface area contributed by atoms with E-state index in [1.807, 2.05) is 0 Å². The molecule has 0 aliphatic carbocycles. The fourth-order valence-corrected chi connectivity index (χ4v) is 1.43. The van der Waals surface area contributed by atoms with Crippen LogP contribution in [0.2, 0.25) is 0 Å². The smallest absolute Gasteiger partial charge is 0.451 e. The summed E-state index contributed by atoms with van der Waals surface area (Å²) in [4.78, 5) is 21.0. The molecule has 0 saturated carbocycles. The molecule has 0 aromatic carbocycles. The van der Waals surface area contributed by atoms with Crippen molar-refractivity contribution in [3.05, 3.63) is 12.7 Å². The number of nitrogens with two attached hydrogens (primary N) is 1. The van der Waals surface area contributed by atoms with E-state index in [9.17, 15) is 22.8 Å². The normalized spacial score (nSPS) is 12.8. The van der Waals surface area contributed by atoms with E-state index in [1.54, 1.807) is 0 Å². The Bertz CT molecular complexity index is 316. The molecule has 1 unspecified atom stereocenters. The van der Waals surface area contributed by atoms with Gasteiger partial charge in [0.05, 0.1) is 0 Å². The molecule has 4 nitrogen and oxygen atoms in total. The molecule has 1 atom stereocenters. The fraction of sp³-hybridized carbons (Fsp3) is 0.667. The van der Waals surface area contributed by atoms with Crippen molar-refractivity contribution in [1.29, 1.82) is 0 Å². The number of esters is 1. The van der Waals surface area contributed by atoms with Crippen molar-refractivity contribution >= 4 is 11.9 Å². The third kappa shape index (κ3) is 9.10. The molecule has 0 radical (unpaired) electrons. The third-order valence-electron chi connectivity index (χ3n) is 2.41. The summed E-state index contributed by atoms with van der Waals surface area (Å²) in [5.74, 6) is -2.57. The number of hydrogen-bond acceptors (Lipinski definition) is 3. The van der Waals surface area contributed by atoms with Crippen molar-refractivity contribution in [2.75, 3.05) is 0 Å². The molecular formula is C12H18F3NO3. The lowest BCUT2D eigenvalue weighted by molar-refractivity contribution is -0.203. The Morgan fingerprint density at radius 1 is 1.21 bits per heavy atom. The highest BCUT2D eigenvalue weighted by Crippen LogP contribution is 2.19. The standard InChI is InChI=1S/C12H18F3NO3/c1-2-9(19-11(18)12(13,14)15)7-5-3-4-6-8-10(16)17/h2,9H,1,3-8H2,(H2,16,17). The van der Waals surface area contributed by atoms with E-state index in [-0.39, 0.29) is 12.3 Å². The Balaban J connectivity index is 3.80. The molecule has 0 aromatic heterocycles. The van der Waals surface area contributed by atoms with E-state index in [0.717, 1.165) is 12.8 Å². The fourth-order valence-electron chi connectivity index (χ4n) is 1.43. The van der Waals surface area contributed by atoms with Gasteiger partial charge in [0, 0.05) is 6.42 Å². The zero-order valence-corrected chi connectivity index (χ0v) is 10.5. The van der Waals surface area contributed by atoms with Crippen molar-refractivity contribution in [1.82, 2.24) is 0 Å². The predicted molar refractivity (Wildman–Crippen MR) is 63.0 cm³/mol. The molecule has 19 heavy (non-hydrogen) atoms. The van der Waals surface area contributed by atoms with Crippen LogP contribution in [0.5, 0.6) is 0 Å². The molecule has 110 valence electrons. The Kier molecular flexibility index (Phi) is 7.86. The molecule has 0 aromatic rings. The lowest BCUT2D eigenvalue weighted by Crippen LogP contribution is -2.29. The second-order valence-corrected chi connectivity index (χ2v) is 4.10. The van der Waals surface area contributed by atoms with Crippen LogP contribution in [0, 0.1) is 0 Å². The molecule has 7 heteroatoms. The minimum absolute atomic E-state index is 0.280. The SMILES string of the molecule is C=CC(CCCCCCC(N)=O)OC(=O)C(F)(F)F. The quantitative estimate of drug-likeness (QED) is 0.401. The summed E-state index contributed by atoms with van der Waals surface area (Å²) >= 11 is 0. The van der Waals surface area contributed by atoms with E-state index in [1.165, 1.54) is 6.08 Å². The highest BCUT2D eigenvalue weighted by Gasteiger charge is 2.41. The summed E-state index contributed by atoms with van der Waals surface area (Å²) in [5, 5.41) is 0. The van der Waals surface area contributed by atoms with Gasteiger partial charge in [-0.2, -0.15) is 13.2 Å². The van der Waals surface area contributed by atoms with E-state index in [4.69, 9.17) is 5.73 Å². The Morgan fingerprint density at radius 3 is 2.26 bits per heavy atom. The van der Waals surface area contributed by atoms with Gasteiger partial charge in [-0.05, 0) is 19.3 Å². The van der Waals surface area contributed by atoms with E-state index in [2.05, 4.69) is 11.3 Å². The molecule has 0 saturated heterocycles. The molecule has 0 rings (SSSR count). The number of carbonyl (C=O) groups is 2. The van der Waals surface area contributed by atoms with Crippen molar-refractivity contribution in [2.24, 2.45) is 5.73 Å². The Hall–Kier alpha value is -1.53. The van der Waals surface area contributed by atoms with Gasteiger partial charge in [0.15, 0.2) is 0 Å². The van der Waals surface area contributed by atoms with Crippen LogP contribution in [0.1, 0.15) is 38.5 Å². The van der Waals surface area contributed by atoms with Crippen LogP contribution < -0.4 is 5.73 Å². The Labute approximate surface area is 109 Å². The third-order valence-corrected chi connectivity index (χ3v) is 2.41. The first kappa shape index (κ1) is 17.5. The number of halogens is 3. The minimum Gasteiger partial charge on any atom is -0.451 e. The van der Waals surface area contributed by atoms with E-state index < -0.39 is 18.2 Å². The monoisotopic (exact) mass is 281 g/mol. The van der Waals surface area contributed by atoms with Gasteiger partial charge in [-0.3, -0.25) is 4.79 Å². The van der Waals surface area contributed by atoms with Crippen LogP contribution >= 0.6 is 0 Å². The zero-order valence-electron chi connectivity index (χ0n) is 10.5. The van der Waals surface area contributed by atoms with Gasteiger partial charge in [-0.25, -0.2) is 4.79 Å². The maximum absolute atomic E-state index is 12.0. The molecule has 0 bridgehead atoms. The summed E-state index contributed by atoms with van der Waals surface area (Å²) < 4.78 is 40.1. The van der Waals surface area contributed by atoms with Gasteiger partial charge < -0.3 is 10.5 Å². The van der Waals surface area contributed by atoms with Crippen molar-refractivity contribution < 1.29 is 27.5 Å². The van der Waals surface area contributed by atoms with Gasteiger partial charge in [-0.1, -0.05) is 25.5 Å². The first-order valence-electron chi connectivity index (χ1n) is 5.96. The largest absolute Gasteiger partial charge is 0.490 e. The Morgan fingerprint density at radius 2 is 1.79 bits per heavy atom. The average molecular weight is 281 g/mol. The first-order chi connectivity index (χ1) is 8.77. The van der Waals surface area contributed by atoms with Crippen LogP contribution in [-0.2, 0) is 14.3 Å². The highest BCUT2D eigenvalue weighted by molar-refractivity contribution is 5.75. The first-order valence-corrected chi connectivity index (χ1v) is 5.96. The summed E-state index contributed by atoms with van der Waals surface area (Å²) in [6.45, 7) is 3.33. The van der Waals surface area contributed by atoms with Crippen molar-refractivity contribution in [3.8, 4) is 0 Å². The van der Waals surface area contributed by atoms with Crippen LogP contribution in [0.25, 0.3) is 0 Å². The molecular weight excluding hydrogens is 263 g/mol. The number of carbonyl (C=O) groups excluding carboxylic acids is 2. The number of rotatable bonds is 9. The number of primary amides is 1. The van der Waals surface area contributed by atoms with Crippen LogP contribution in [0.4, 0.5) is 13.2 Å². The highest BCUT2D eigenvalue weighted by atomic mass is 19.4. The van der Waals surface area contributed by atoms with Gasteiger partial charge in [-0.15, -0.1) is 0 Å².